The molecule has 1 aromatic carbocycles. The van der Waals surface area contributed by atoms with E-state index in [0.717, 1.165) is 12.8 Å². The summed E-state index contributed by atoms with van der Waals surface area (Å²) in [7, 11) is -5.60. The number of hydrogen-bond donors (Lipinski definition) is 0. The number of rotatable bonds is 7. The van der Waals surface area contributed by atoms with Crippen molar-refractivity contribution >= 4 is 20.0 Å². The molecule has 2 fully saturated rings. The van der Waals surface area contributed by atoms with Gasteiger partial charge >= 0.3 is 0 Å². The van der Waals surface area contributed by atoms with Crippen LogP contribution in [0.3, 0.4) is 0 Å². The van der Waals surface area contributed by atoms with E-state index in [0.29, 0.717) is 57.3 Å². The molecule has 0 N–H and O–H groups in total. The van der Waals surface area contributed by atoms with Crippen LogP contribution in [0.4, 0.5) is 0 Å². The summed E-state index contributed by atoms with van der Waals surface area (Å²) in [5.74, 6) is 1.16. The Bertz CT molecular complexity index is 1100. The van der Waals surface area contributed by atoms with Crippen LogP contribution in [0.25, 0.3) is 0 Å². The lowest BCUT2D eigenvalue weighted by atomic mass is 10.3. The van der Waals surface area contributed by atoms with Crippen molar-refractivity contribution < 1.29 is 26.0 Å². The Morgan fingerprint density at radius 2 is 1.42 bits per heavy atom. The molecule has 0 spiro atoms. The topological polar surface area (TPSA) is 100 Å². The first kappa shape index (κ1) is 22.3. The van der Waals surface area contributed by atoms with Crippen molar-refractivity contribution in [3.63, 3.8) is 0 Å². The Morgan fingerprint density at radius 1 is 0.806 bits per heavy atom. The van der Waals surface area contributed by atoms with E-state index in [1.807, 2.05) is 0 Å². The second-order valence-corrected chi connectivity index (χ2v) is 11.5. The maximum absolute atomic E-state index is 12.9. The van der Waals surface area contributed by atoms with Gasteiger partial charge in [0, 0.05) is 39.3 Å². The molecule has 11 heteroatoms. The summed E-state index contributed by atoms with van der Waals surface area (Å²) >= 11 is 0. The third-order valence-electron chi connectivity index (χ3n) is 5.70. The zero-order valence-electron chi connectivity index (χ0n) is 17.4. The fourth-order valence-electron chi connectivity index (χ4n) is 3.88. The zero-order chi connectivity index (χ0) is 22.1. The van der Waals surface area contributed by atoms with Crippen molar-refractivity contribution in [2.75, 3.05) is 46.4 Å². The molecule has 3 heterocycles. The first-order chi connectivity index (χ1) is 14.8. The molecule has 0 radical (unpaired) electrons. The lowest BCUT2D eigenvalue weighted by Crippen LogP contribution is -2.48. The van der Waals surface area contributed by atoms with Gasteiger partial charge in [-0.05, 0) is 49.2 Å². The second kappa shape index (κ2) is 8.91. The minimum atomic E-state index is -3.57. The summed E-state index contributed by atoms with van der Waals surface area (Å²) < 4.78 is 64.6. The van der Waals surface area contributed by atoms with Crippen LogP contribution in [0.1, 0.15) is 18.6 Å². The molecule has 9 nitrogen and oxygen atoms in total. The summed E-state index contributed by atoms with van der Waals surface area (Å²) in [6.07, 6.45) is 1.74. The van der Waals surface area contributed by atoms with Crippen LogP contribution in [0, 0.1) is 0 Å². The molecule has 1 aromatic heterocycles. The standard InChI is InChI=1S/C20H27N3O6S2/c1-28-17-4-7-19(8-5-17)30(24,25)23-14-12-21(13-15-23)16-18-6-9-20(29-18)31(26,27)22-10-2-3-11-22/h4-9H,2-3,10-16H2,1H3. The van der Waals surface area contributed by atoms with E-state index in [9.17, 15) is 16.8 Å². The quantitative estimate of drug-likeness (QED) is 0.607. The lowest BCUT2D eigenvalue weighted by molar-refractivity contribution is 0.168. The Balaban J connectivity index is 1.36. The normalized spacial score (nSPS) is 19.6. The largest absolute Gasteiger partial charge is 0.497 e. The molecular weight excluding hydrogens is 442 g/mol. The molecular formula is C20H27N3O6S2. The van der Waals surface area contributed by atoms with E-state index in [1.54, 1.807) is 30.3 Å². The minimum Gasteiger partial charge on any atom is -0.497 e. The number of methoxy groups -OCH3 is 1. The van der Waals surface area contributed by atoms with Gasteiger partial charge in [-0.2, -0.15) is 8.61 Å². The van der Waals surface area contributed by atoms with Gasteiger partial charge in [-0.15, -0.1) is 0 Å². The Labute approximate surface area is 183 Å². The highest BCUT2D eigenvalue weighted by Gasteiger charge is 2.31. The maximum Gasteiger partial charge on any atom is 0.276 e. The number of ether oxygens (including phenoxy) is 1. The number of nitrogens with zero attached hydrogens (tertiary/aromatic N) is 3. The van der Waals surface area contributed by atoms with Gasteiger partial charge < -0.3 is 9.15 Å². The highest BCUT2D eigenvalue weighted by Crippen LogP contribution is 2.24. The minimum absolute atomic E-state index is 0.0230. The summed E-state index contributed by atoms with van der Waals surface area (Å²) in [5, 5.41) is -0.0230. The van der Waals surface area contributed by atoms with E-state index in [2.05, 4.69) is 4.90 Å². The van der Waals surface area contributed by atoms with Crippen LogP contribution in [-0.4, -0.2) is 76.7 Å². The molecule has 0 amide bonds. The molecule has 170 valence electrons. The molecule has 2 aliphatic rings. The van der Waals surface area contributed by atoms with Crippen molar-refractivity contribution in [2.24, 2.45) is 0 Å². The van der Waals surface area contributed by atoms with E-state index >= 15 is 0 Å². The Kier molecular flexibility index (Phi) is 6.40. The van der Waals surface area contributed by atoms with Gasteiger partial charge in [0.05, 0.1) is 18.6 Å². The summed E-state index contributed by atoms with van der Waals surface area (Å²) in [6, 6.07) is 9.55. The zero-order valence-corrected chi connectivity index (χ0v) is 19.1. The highest BCUT2D eigenvalue weighted by atomic mass is 32.2. The monoisotopic (exact) mass is 469 g/mol. The van der Waals surface area contributed by atoms with Gasteiger partial charge in [0.1, 0.15) is 11.5 Å². The molecule has 31 heavy (non-hydrogen) atoms. The van der Waals surface area contributed by atoms with Gasteiger partial charge in [0.15, 0.2) is 0 Å². The van der Waals surface area contributed by atoms with Crippen LogP contribution in [-0.2, 0) is 26.6 Å². The predicted molar refractivity (Wildman–Crippen MR) is 114 cm³/mol. The van der Waals surface area contributed by atoms with E-state index < -0.39 is 20.0 Å². The molecule has 0 bridgehead atoms. The Hall–Kier alpha value is -1.92. The van der Waals surface area contributed by atoms with Crippen molar-refractivity contribution in [1.29, 1.82) is 0 Å². The molecule has 2 aromatic rings. The SMILES string of the molecule is COc1ccc(S(=O)(=O)N2CCN(Cc3ccc(S(=O)(=O)N4CCCC4)o3)CC2)cc1. The number of sulfonamides is 2. The second-order valence-electron chi connectivity index (χ2n) is 7.69. The van der Waals surface area contributed by atoms with Crippen molar-refractivity contribution in [2.45, 2.75) is 29.4 Å². The molecule has 4 rings (SSSR count). The van der Waals surface area contributed by atoms with Gasteiger partial charge in [-0.1, -0.05) is 0 Å². The molecule has 2 saturated heterocycles. The van der Waals surface area contributed by atoms with E-state index in [1.165, 1.54) is 21.8 Å². The Morgan fingerprint density at radius 3 is 2.03 bits per heavy atom. The number of piperazine rings is 1. The average Bonchev–Trinajstić information content (AvgIpc) is 3.47. The van der Waals surface area contributed by atoms with Crippen LogP contribution in [0.15, 0.2) is 50.8 Å². The van der Waals surface area contributed by atoms with E-state index in [4.69, 9.17) is 9.15 Å². The number of benzene rings is 1. The first-order valence-electron chi connectivity index (χ1n) is 10.3. The van der Waals surface area contributed by atoms with Crippen LogP contribution < -0.4 is 4.74 Å². The van der Waals surface area contributed by atoms with Crippen molar-refractivity contribution in [3.8, 4) is 5.75 Å². The number of hydrogen-bond acceptors (Lipinski definition) is 7. The van der Waals surface area contributed by atoms with Crippen molar-refractivity contribution in [3.05, 3.63) is 42.2 Å². The van der Waals surface area contributed by atoms with Gasteiger partial charge in [-0.25, -0.2) is 16.8 Å². The third-order valence-corrected chi connectivity index (χ3v) is 9.39. The smallest absolute Gasteiger partial charge is 0.276 e. The van der Waals surface area contributed by atoms with Crippen LogP contribution in [0.2, 0.25) is 0 Å². The summed E-state index contributed by atoms with van der Waals surface area (Å²) in [5.41, 5.74) is 0. The van der Waals surface area contributed by atoms with Gasteiger partial charge in [0.25, 0.3) is 10.0 Å². The van der Waals surface area contributed by atoms with Crippen LogP contribution in [0.5, 0.6) is 5.75 Å². The van der Waals surface area contributed by atoms with Crippen molar-refractivity contribution in [1.82, 2.24) is 13.5 Å². The van der Waals surface area contributed by atoms with E-state index in [-0.39, 0.29) is 9.99 Å². The fourth-order valence-corrected chi connectivity index (χ4v) is 6.75. The molecule has 0 aliphatic carbocycles. The maximum atomic E-state index is 12.9. The van der Waals surface area contributed by atoms with Crippen LogP contribution >= 0.6 is 0 Å². The molecule has 0 saturated carbocycles. The molecule has 0 unspecified atom stereocenters. The predicted octanol–water partition coefficient (Wildman–Crippen LogP) is 1.58. The molecule has 0 atom stereocenters. The first-order valence-corrected chi connectivity index (χ1v) is 13.1. The highest BCUT2D eigenvalue weighted by molar-refractivity contribution is 7.89. The average molecular weight is 470 g/mol. The third kappa shape index (κ3) is 4.65. The lowest BCUT2D eigenvalue weighted by Gasteiger charge is -2.33. The summed E-state index contributed by atoms with van der Waals surface area (Å²) in [6.45, 7) is 3.27. The van der Waals surface area contributed by atoms with Gasteiger partial charge in [0.2, 0.25) is 15.1 Å². The van der Waals surface area contributed by atoms with Gasteiger partial charge in [-0.3, -0.25) is 4.90 Å². The fraction of sp³-hybridized carbons (Fsp3) is 0.500. The molecule has 2 aliphatic heterocycles. The number of furan rings is 1. The summed E-state index contributed by atoms with van der Waals surface area (Å²) in [4.78, 5) is 2.30.